The highest BCUT2D eigenvalue weighted by atomic mass is 16.6. The fourth-order valence-corrected chi connectivity index (χ4v) is 1.08. The Labute approximate surface area is 55.8 Å². The van der Waals surface area contributed by atoms with Gasteiger partial charge in [0.1, 0.15) is 0 Å². The van der Waals surface area contributed by atoms with Gasteiger partial charge in [-0.15, -0.1) is 0 Å². The van der Waals surface area contributed by atoms with Crippen LogP contribution in [0.2, 0.25) is 0 Å². The van der Waals surface area contributed by atoms with Crippen molar-refractivity contribution in [2.75, 3.05) is 0 Å². The van der Waals surface area contributed by atoms with Crippen LogP contribution in [-0.4, -0.2) is 17.5 Å². The quantitative estimate of drug-likeness (QED) is 0.533. The zero-order chi connectivity index (χ0) is 6.85. The van der Waals surface area contributed by atoms with Gasteiger partial charge in [-0.3, -0.25) is 0 Å². The van der Waals surface area contributed by atoms with Gasteiger partial charge in [0.15, 0.2) is 6.29 Å². The Morgan fingerprint density at radius 2 is 2.00 bits per heavy atom. The Balaban J connectivity index is 2.35. The number of aliphatic hydroxyl groups excluding tert-OH is 1. The van der Waals surface area contributed by atoms with Crippen molar-refractivity contribution in [2.45, 2.75) is 39.1 Å². The molecule has 0 amide bonds. The maximum atomic E-state index is 9.13. The van der Waals surface area contributed by atoms with E-state index in [2.05, 4.69) is 0 Å². The van der Waals surface area contributed by atoms with Gasteiger partial charge in [0, 0.05) is 5.92 Å². The average Bonchev–Trinajstić information content (AvgIpc) is 1.80. The van der Waals surface area contributed by atoms with Gasteiger partial charge < -0.3 is 9.84 Å². The highest BCUT2D eigenvalue weighted by Crippen LogP contribution is 2.22. The summed E-state index contributed by atoms with van der Waals surface area (Å²) in [4.78, 5) is 0. The molecule has 1 heterocycles. The molecule has 1 N–H and O–H groups in total. The van der Waals surface area contributed by atoms with E-state index in [-0.39, 0.29) is 6.10 Å². The lowest BCUT2D eigenvalue weighted by Crippen LogP contribution is -2.31. The third kappa shape index (κ3) is 1.66. The van der Waals surface area contributed by atoms with Crippen molar-refractivity contribution < 1.29 is 9.84 Å². The van der Waals surface area contributed by atoms with Gasteiger partial charge in [-0.2, -0.15) is 0 Å². The van der Waals surface area contributed by atoms with Gasteiger partial charge in [0.25, 0.3) is 0 Å². The minimum absolute atomic E-state index is 0.246. The molecule has 0 aromatic heterocycles. The molecule has 0 saturated carbocycles. The molecule has 0 radical (unpaired) electrons. The molecule has 2 heteroatoms. The van der Waals surface area contributed by atoms with Crippen molar-refractivity contribution in [3.8, 4) is 0 Å². The van der Waals surface area contributed by atoms with E-state index in [1.165, 1.54) is 0 Å². The molecule has 0 aliphatic carbocycles. The topological polar surface area (TPSA) is 29.5 Å². The zero-order valence-corrected chi connectivity index (χ0v) is 6.00. The molecule has 1 aliphatic rings. The molecule has 9 heavy (non-hydrogen) atoms. The molecule has 0 bridgehead atoms. The first-order chi connectivity index (χ1) is 4.20. The highest BCUT2D eigenvalue weighted by molar-refractivity contribution is 4.66. The van der Waals surface area contributed by atoms with Gasteiger partial charge in [0.05, 0.1) is 6.10 Å². The van der Waals surface area contributed by atoms with Crippen molar-refractivity contribution in [1.82, 2.24) is 0 Å². The van der Waals surface area contributed by atoms with Crippen molar-refractivity contribution >= 4 is 0 Å². The van der Waals surface area contributed by atoms with Gasteiger partial charge in [-0.25, -0.2) is 0 Å². The monoisotopic (exact) mass is 130 g/mol. The maximum Gasteiger partial charge on any atom is 0.157 e. The van der Waals surface area contributed by atoms with Crippen LogP contribution >= 0.6 is 0 Å². The molecule has 3 atom stereocenters. The van der Waals surface area contributed by atoms with Crippen LogP contribution in [0.5, 0.6) is 0 Å². The van der Waals surface area contributed by atoms with Crippen LogP contribution in [0.1, 0.15) is 26.7 Å². The Kier molecular flexibility index (Phi) is 2.09. The number of hydrogen-bond donors (Lipinski definition) is 1. The zero-order valence-electron chi connectivity index (χ0n) is 6.00. The normalized spacial score (nSPS) is 45.0. The standard InChI is InChI=1S/C7H14O2/c1-5-3-4-6(2)9-7(5)8/h5-8H,3-4H2,1-2H3/t5?,6?,7-/m1/s1. The molecular formula is C7H14O2. The first-order valence-corrected chi connectivity index (χ1v) is 3.53. The van der Waals surface area contributed by atoms with E-state index >= 15 is 0 Å². The van der Waals surface area contributed by atoms with Crippen molar-refractivity contribution in [2.24, 2.45) is 5.92 Å². The summed E-state index contributed by atoms with van der Waals surface area (Å²) in [6.45, 7) is 4.01. The van der Waals surface area contributed by atoms with Gasteiger partial charge >= 0.3 is 0 Å². The van der Waals surface area contributed by atoms with Gasteiger partial charge in [-0.05, 0) is 19.8 Å². The smallest absolute Gasteiger partial charge is 0.157 e. The molecule has 1 saturated heterocycles. The summed E-state index contributed by atoms with van der Waals surface area (Å²) in [6, 6.07) is 0. The van der Waals surface area contributed by atoms with Crippen LogP contribution in [0.3, 0.4) is 0 Å². The molecule has 0 aromatic carbocycles. The third-order valence-corrected chi connectivity index (χ3v) is 1.89. The molecular weight excluding hydrogens is 116 g/mol. The van der Waals surface area contributed by atoms with E-state index < -0.39 is 6.29 Å². The Bertz CT molecular complexity index is 92.9. The maximum absolute atomic E-state index is 9.13. The number of hydrogen-bond acceptors (Lipinski definition) is 2. The Hall–Kier alpha value is -0.0800. The lowest BCUT2D eigenvalue weighted by Gasteiger charge is -2.29. The predicted octanol–water partition coefficient (Wildman–Crippen LogP) is 1.14. The van der Waals surface area contributed by atoms with E-state index in [9.17, 15) is 0 Å². The molecule has 0 aromatic rings. The van der Waals surface area contributed by atoms with Crippen LogP contribution in [-0.2, 0) is 4.74 Å². The second-order valence-corrected chi connectivity index (χ2v) is 2.89. The number of ether oxygens (including phenoxy) is 1. The molecule has 1 rings (SSSR count). The van der Waals surface area contributed by atoms with E-state index in [1.54, 1.807) is 0 Å². The van der Waals surface area contributed by atoms with Gasteiger partial charge in [-0.1, -0.05) is 6.92 Å². The van der Waals surface area contributed by atoms with Crippen LogP contribution in [0, 0.1) is 5.92 Å². The minimum Gasteiger partial charge on any atom is -0.368 e. The molecule has 1 aliphatic heterocycles. The fourth-order valence-electron chi connectivity index (χ4n) is 1.08. The summed E-state index contributed by atoms with van der Waals surface area (Å²) in [6.07, 6.45) is 1.89. The van der Waals surface area contributed by atoms with Crippen LogP contribution in [0.4, 0.5) is 0 Å². The summed E-state index contributed by atoms with van der Waals surface area (Å²) in [7, 11) is 0. The van der Waals surface area contributed by atoms with Crippen LogP contribution in [0.15, 0.2) is 0 Å². The average molecular weight is 130 g/mol. The number of rotatable bonds is 0. The predicted molar refractivity (Wildman–Crippen MR) is 35.0 cm³/mol. The number of aliphatic hydroxyl groups is 1. The first-order valence-electron chi connectivity index (χ1n) is 3.53. The fraction of sp³-hybridized carbons (Fsp3) is 1.00. The lowest BCUT2D eigenvalue weighted by atomic mass is 10.00. The van der Waals surface area contributed by atoms with Crippen molar-refractivity contribution in [3.63, 3.8) is 0 Å². The second-order valence-electron chi connectivity index (χ2n) is 2.89. The lowest BCUT2D eigenvalue weighted by molar-refractivity contribution is -0.184. The first kappa shape index (κ1) is 7.03. The van der Waals surface area contributed by atoms with Crippen molar-refractivity contribution in [1.29, 1.82) is 0 Å². The molecule has 54 valence electrons. The van der Waals surface area contributed by atoms with Crippen LogP contribution in [0.25, 0.3) is 0 Å². The summed E-state index contributed by atoms with van der Waals surface area (Å²) in [5.74, 6) is 0.321. The van der Waals surface area contributed by atoms with Crippen molar-refractivity contribution in [3.05, 3.63) is 0 Å². The van der Waals surface area contributed by atoms with E-state index in [0.717, 1.165) is 12.8 Å². The Morgan fingerprint density at radius 1 is 1.33 bits per heavy atom. The minimum atomic E-state index is -0.520. The molecule has 1 fully saturated rings. The summed E-state index contributed by atoms with van der Waals surface area (Å²) < 4.78 is 5.15. The second kappa shape index (κ2) is 2.67. The molecule has 2 nitrogen and oxygen atoms in total. The molecule has 0 spiro atoms. The van der Waals surface area contributed by atoms with E-state index in [4.69, 9.17) is 9.84 Å². The summed E-state index contributed by atoms with van der Waals surface area (Å²) >= 11 is 0. The largest absolute Gasteiger partial charge is 0.368 e. The summed E-state index contributed by atoms with van der Waals surface area (Å²) in [5.41, 5.74) is 0. The van der Waals surface area contributed by atoms with E-state index in [0.29, 0.717) is 5.92 Å². The SMILES string of the molecule is CC1CCC(C)[C@H](O)O1. The third-order valence-electron chi connectivity index (χ3n) is 1.89. The molecule has 2 unspecified atom stereocenters. The highest BCUT2D eigenvalue weighted by Gasteiger charge is 2.23. The van der Waals surface area contributed by atoms with Gasteiger partial charge in [0.2, 0.25) is 0 Å². The van der Waals surface area contributed by atoms with Crippen LogP contribution < -0.4 is 0 Å². The Morgan fingerprint density at radius 3 is 2.44 bits per heavy atom. The summed E-state index contributed by atoms with van der Waals surface area (Å²) in [5, 5.41) is 9.13. The van der Waals surface area contributed by atoms with E-state index in [1.807, 2.05) is 13.8 Å².